The van der Waals surface area contributed by atoms with Gasteiger partial charge in [0.05, 0.1) is 16.0 Å². The quantitative estimate of drug-likeness (QED) is 0.656. The van der Waals surface area contributed by atoms with E-state index in [4.69, 9.17) is 10.5 Å². The fourth-order valence-corrected chi connectivity index (χ4v) is 3.21. The van der Waals surface area contributed by atoms with Crippen LogP contribution in [0, 0.1) is 22.0 Å². The van der Waals surface area contributed by atoms with Crippen molar-refractivity contribution in [3.8, 4) is 5.75 Å². The molecule has 0 amide bonds. The van der Waals surface area contributed by atoms with Crippen molar-refractivity contribution in [2.75, 3.05) is 13.2 Å². The summed E-state index contributed by atoms with van der Waals surface area (Å²) in [5.41, 5.74) is 5.86. The molecule has 1 fully saturated rings. The third-order valence-electron chi connectivity index (χ3n) is 3.95. The highest BCUT2D eigenvalue weighted by molar-refractivity contribution is 9.10. The Morgan fingerprint density at radius 1 is 1.35 bits per heavy atom. The van der Waals surface area contributed by atoms with Gasteiger partial charge in [0.1, 0.15) is 5.75 Å². The van der Waals surface area contributed by atoms with Crippen LogP contribution in [0.4, 0.5) is 5.69 Å². The highest BCUT2D eigenvalue weighted by atomic mass is 79.9. The number of halogens is 1. The van der Waals surface area contributed by atoms with Gasteiger partial charge in [-0.05, 0) is 53.2 Å². The lowest BCUT2D eigenvalue weighted by Crippen LogP contribution is -2.30. The van der Waals surface area contributed by atoms with Crippen LogP contribution >= 0.6 is 15.9 Å². The summed E-state index contributed by atoms with van der Waals surface area (Å²) in [5.74, 6) is 1.66. The molecule has 1 aromatic rings. The smallest absolute Gasteiger partial charge is 0.270 e. The first-order valence-electron chi connectivity index (χ1n) is 6.88. The lowest BCUT2D eigenvalue weighted by atomic mass is 9.80. The number of nitrogens with two attached hydrogens (primary N) is 1. The Morgan fingerprint density at radius 2 is 2.05 bits per heavy atom. The largest absolute Gasteiger partial charge is 0.492 e. The third kappa shape index (κ3) is 3.70. The van der Waals surface area contributed by atoms with Crippen molar-refractivity contribution in [3.63, 3.8) is 0 Å². The molecule has 0 spiro atoms. The van der Waals surface area contributed by atoms with Crippen LogP contribution in [0.3, 0.4) is 0 Å². The van der Waals surface area contributed by atoms with E-state index in [9.17, 15) is 10.1 Å². The van der Waals surface area contributed by atoms with Gasteiger partial charge in [-0.1, -0.05) is 12.8 Å². The molecule has 1 aliphatic carbocycles. The first-order chi connectivity index (χ1) is 9.61. The molecule has 0 heterocycles. The molecule has 0 bridgehead atoms. The first kappa shape index (κ1) is 15.3. The lowest BCUT2D eigenvalue weighted by Gasteiger charge is -2.30. The normalized spacial score (nSPS) is 22.5. The summed E-state index contributed by atoms with van der Waals surface area (Å²) in [5, 5.41) is 10.7. The van der Waals surface area contributed by atoms with Crippen molar-refractivity contribution >= 4 is 21.6 Å². The maximum Gasteiger partial charge on any atom is 0.270 e. The Labute approximate surface area is 126 Å². The third-order valence-corrected chi connectivity index (χ3v) is 4.57. The van der Waals surface area contributed by atoms with E-state index in [0.717, 1.165) is 6.42 Å². The van der Waals surface area contributed by atoms with Crippen LogP contribution in [0.25, 0.3) is 0 Å². The highest BCUT2D eigenvalue weighted by Gasteiger charge is 2.24. The number of rotatable bonds is 5. The zero-order valence-corrected chi connectivity index (χ0v) is 12.8. The summed E-state index contributed by atoms with van der Waals surface area (Å²) >= 11 is 3.32. The van der Waals surface area contributed by atoms with Gasteiger partial charge in [-0.15, -0.1) is 0 Å². The van der Waals surface area contributed by atoms with Crippen LogP contribution in [0.15, 0.2) is 22.7 Å². The molecule has 0 saturated heterocycles. The highest BCUT2D eigenvalue weighted by Crippen LogP contribution is 2.33. The van der Waals surface area contributed by atoms with Gasteiger partial charge in [0.25, 0.3) is 5.69 Å². The molecular formula is C14H19BrN2O3. The molecule has 0 radical (unpaired) electrons. The van der Waals surface area contributed by atoms with Crippen molar-refractivity contribution in [2.45, 2.75) is 25.7 Å². The average Bonchev–Trinajstić information content (AvgIpc) is 2.46. The molecule has 0 aliphatic heterocycles. The molecular weight excluding hydrogens is 324 g/mol. The Kier molecular flexibility index (Phi) is 5.37. The number of nitrogens with zero attached hydrogens (tertiary/aromatic N) is 1. The van der Waals surface area contributed by atoms with Gasteiger partial charge in [-0.2, -0.15) is 0 Å². The van der Waals surface area contributed by atoms with E-state index in [1.807, 2.05) is 0 Å². The standard InChI is InChI=1S/C14H19BrN2O3/c15-13-7-12(17(18)19)5-6-14(13)20-9-11-4-2-1-3-10(11)8-16/h5-7,10-11H,1-4,8-9,16H2. The molecule has 1 aromatic carbocycles. The summed E-state index contributed by atoms with van der Waals surface area (Å²) in [6, 6.07) is 4.57. The van der Waals surface area contributed by atoms with Crippen molar-refractivity contribution in [1.29, 1.82) is 0 Å². The van der Waals surface area contributed by atoms with Crippen molar-refractivity contribution in [1.82, 2.24) is 0 Å². The molecule has 0 aromatic heterocycles. The minimum absolute atomic E-state index is 0.0572. The summed E-state index contributed by atoms with van der Waals surface area (Å²) in [6.45, 7) is 1.33. The number of nitro groups is 1. The van der Waals surface area contributed by atoms with Gasteiger partial charge < -0.3 is 10.5 Å². The number of ether oxygens (including phenoxy) is 1. The topological polar surface area (TPSA) is 78.4 Å². The predicted octanol–water partition coefficient (Wildman–Crippen LogP) is 3.50. The van der Waals surface area contributed by atoms with Crippen LogP contribution in [0.5, 0.6) is 5.75 Å². The summed E-state index contributed by atoms with van der Waals surface area (Å²) in [7, 11) is 0. The number of nitro benzene ring substituents is 1. The fraction of sp³-hybridized carbons (Fsp3) is 0.571. The van der Waals surface area contributed by atoms with Gasteiger partial charge in [-0.25, -0.2) is 0 Å². The molecule has 2 N–H and O–H groups in total. The lowest BCUT2D eigenvalue weighted by molar-refractivity contribution is -0.385. The summed E-state index contributed by atoms with van der Waals surface area (Å²) in [4.78, 5) is 10.3. The number of non-ortho nitro benzene ring substituents is 1. The van der Waals surface area contributed by atoms with Gasteiger partial charge in [0.2, 0.25) is 0 Å². The maximum atomic E-state index is 10.7. The van der Waals surface area contributed by atoms with Crippen LogP contribution in [-0.2, 0) is 0 Å². The van der Waals surface area contributed by atoms with E-state index >= 15 is 0 Å². The van der Waals surface area contributed by atoms with E-state index < -0.39 is 4.92 Å². The number of hydrogen-bond acceptors (Lipinski definition) is 4. The predicted molar refractivity (Wildman–Crippen MR) is 80.8 cm³/mol. The zero-order valence-electron chi connectivity index (χ0n) is 11.3. The second kappa shape index (κ2) is 7.04. The number of benzene rings is 1. The number of hydrogen-bond donors (Lipinski definition) is 1. The first-order valence-corrected chi connectivity index (χ1v) is 7.68. The zero-order chi connectivity index (χ0) is 14.5. The molecule has 1 saturated carbocycles. The monoisotopic (exact) mass is 342 g/mol. The van der Waals surface area contributed by atoms with Crippen LogP contribution in [0.2, 0.25) is 0 Å². The van der Waals surface area contributed by atoms with Gasteiger partial charge in [0.15, 0.2) is 0 Å². The molecule has 6 heteroatoms. The van der Waals surface area contributed by atoms with Crippen molar-refractivity contribution < 1.29 is 9.66 Å². The van der Waals surface area contributed by atoms with E-state index in [1.165, 1.54) is 31.4 Å². The van der Waals surface area contributed by atoms with Crippen LogP contribution in [0.1, 0.15) is 25.7 Å². The van der Waals surface area contributed by atoms with E-state index in [2.05, 4.69) is 15.9 Å². The SMILES string of the molecule is NCC1CCCCC1COc1ccc([N+](=O)[O-])cc1Br. The van der Waals surface area contributed by atoms with Crippen molar-refractivity contribution in [3.05, 3.63) is 32.8 Å². The van der Waals surface area contributed by atoms with Crippen LogP contribution < -0.4 is 10.5 Å². The van der Waals surface area contributed by atoms with Crippen molar-refractivity contribution in [2.24, 2.45) is 17.6 Å². The Hall–Kier alpha value is -1.14. The summed E-state index contributed by atoms with van der Waals surface area (Å²) < 4.78 is 6.44. The van der Waals surface area contributed by atoms with Gasteiger partial charge in [0, 0.05) is 12.1 Å². The minimum Gasteiger partial charge on any atom is -0.492 e. The average molecular weight is 343 g/mol. The Balaban J connectivity index is 1.98. The van der Waals surface area contributed by atoms with Crippen LogP contribution in [-0.4, -0.2) is 18.1 Å². The second-order valence-electron chi connectivity index (χ2n) is 5.22. The molecule has 2 unspecified atom stereocenters. The Morgan fingerprint density at radius 3 is 2.65 bits per heavy atom. The molecule has 110 valence electrons. The van der Waals surface area contributed by atoms with Gasteiger partial charge >= 0.3 is 0 Å². The maximum absolute atomic E-state index is 10.7. The molecule has 20 heavy (non-hydrogen) atoms. The minimum atomic E-state index is -0.417. The molecule has 5 nitrogen and oxygen atoms in total. The molecule has 1 aliphatic rings. The molecule has 2 atom stereocenters. The van der Waals surface area contributed by atoms with E-state index in [-0.39, 0.29) is 5.69 Å². The van der Waals surface area contributed by atoms with E-state index in [0.29, 0.717) is 35.2 Å². The van der Waals surface area contributed by atoms with Gasteiger partial charge in [-0.3, -0.25) is 10.1 Å². The fourth-order valence-electron chi connectivity index (χ4n) is 2.73. The molecule has 2 rings (SSSR count). The van der Waals surface area contributed by atoms with E-state index in [1.54, 1.807) is 6.07 Å². The summed E-state index contributed by atoms with van der Waals surface area (Å²) in [6.07, 6.45) is 4.80. The second-order valence-corrected chi connectivity index (χ2v) is 6.08. The Bertz CT molecular complexity index is 481.